The fraction of sp³-hybridized carbons (Fsp3) is 0.333. The van der Waals surface area contributed by atoms with E-state index in [-0.39, 0.29) is 40.9 Å². The first-order valence-electron chi connectivity index (χ1n) is 10.0. The zero-order valence-corrected chi connectivity index (χ0v) is 18.3. The average Bonchev–Trinajstić information content (AvgIpc) is 3.11. The van der Waals surface area contributed by atoms with Crippen LogP contribution in [-0.2, 0) is 27.4 Å². The molecule has 2 aromatic heterocycles. The lowest BCUT2D eigenvalue weighted by Gasteiger charge is -2.28. The predicted octanol–water partition coefficient (Wildman–Crippen LogP) is 3.53. The smallest absolute Gasteiger partial charge is 0.433 e. The first-order valence-corrected chi connectivity index (χ1v) is 11.5. The molecule has 3 aromatic rings. The highest BCUT2D eigenvalue weighted by Gasteiger charge is 2.34. The summed E-state index contributed by atoms with van der Waals surface area (Å²) in [5.41, 5.74) is -0.451. The highest BCUT2D eigenvalue weighted by atomic mass is 32.2. The molecule has 1 N–H and O–H groups in total. The maximum atomic E-state index is 13.6. The normalized spacial score (nSPS) is 14.2. The Labute approximate surface area is 187 Å². The highest BCUT2D eigenvalue weighted by molar-refractivity contribution is 7.90. The van der Waals surface area contributed by atoms with Crippen molar-refractivity contribution in [3.8, 4) is 5.75 Å². The summed E-state index contributed by atoms with van der Waals surface area (Å²) in [6, 6.07) is 7.44. The number of anilines is 1. The number of likely N-dealkylation sites (N-methyl/N-ethyl adjacent to an activating group) is 1. The molecule has 3 heterocycles. The minimum Gasteiger partial charge on any atom is -0.490 e. The lowest BCUT2D eigenvalue weighted by molar-refractivity contribution is -0.141. The van der Waals surface area contributed by atoms with Crippen LogP contribution in [0.5, 0.6) is 5.75 Å². The summed E-state index contributed by atoms with van der Waals surface area (Å²) in [7, 11) is -2.41. The number of hydrogen-bond acceptors (Lipinski definition) is 6. The molecule has 0 saturated carbocycles. The second kappa shape index (κ2) is 8.25. The molecule has 0 saturated heterocycles. The van der Waals surface area contributed by atoms with Crippen LogP contribution < -0.4 is 9.64 Å². The van der Waals surface area contributed by atoms with E-state index in [4.69, 9.17) is 9.84 Å². The van der Waals surface area contributed by atoms with Crippen molar-refractivity contribution in [2.45, 2.75) is 30.3 Å². The number of aromatic nitrogens is 2. The molecule has 8 nitrogen and oxygen atoms in total. The van der Waals surface area contributed by atoms with Crippen molar-refractivity contribution < 1.29 is 36.2 Å². The van der Waals surface area contributed by atoms with E-state index in [0.29, 0.717) is 18.9 Å². The standard InChI is InChI=1S/C21H20F3N3O5S/c1-26-9-10-32-18-12-14(5-6-17(18)26)33(30,31)27-13(3-2-4-20(28)29)11-15-16(27)7-8-19(25-15)21(22,23)24/h5-8,11-12H,2-4,9-10H2,1H3,(H,28,29). The van der Waals surface area contributed by atoms with Gasteiger partial charge in [0.05, 0.1) is 28.2 Å². The van der Waals surface area contributed by atoms with Crippen molar-refractivity contribution in [2.24, 2.45) is 0 Å². The quantitative estimate of drug-likeness (QED) is 0.572. The molecule has 0 atom stereocenters. The highest BCUT2D eigenvalue weighted by Crippen LogP contribution is 2.36. The molecule has 1 aliphatic rings. The molecule has 0 spiro atoms. The number of halogens is 3. The molecule has 0 amide bonds. The molecule has 33 heavy (non-hydrogen) atoms. The van der Waals surface area contributed by atoms with Crippen molar-refractivity contribution in [3.05, 3.63) is 47.8 Å². The zero-order chi connectivity index (χ0) is 24.0. The third kappa shape index (κ3) is 4.34. The Balaban J connectivity index is 1.85. The van der Waals surface area contributed by atoms with E-state index < -0.39 is 27.9 Å². The van der Waals surface area contributed by atoms with Gasteiger partial charge in [-0.3, -0.25) is 4.79 Å². The topological polar surface area (TPSA) is 102 Å². The molecule has 12 heteroatoms. The number of carbonyl (C=O) groups is 1. The van der Waals surface area contributed by atoms with Gasteiger partial charge < -0.3 is 14.7 Å². The van der Waals surface area contributed by atoms with Crippen molar-refractivity contribution >= 4 is 32.7 Å². The Morgan fingerprint density at radius 3 is 2.67 bits per heavy atom. The van der Waals surface area contributed by atoms with Gasteiger partial charge in [0, 0.05) is 25.2 Å². The van der Waals surface area contributed by atoms with Gasteiger partial charge >= 0.3 is 12.1 Å². The number of benzene rings is 1. The number of hydrogen-bond donors (Lipinski definition) is 1. The lowest BCUT2D eigenvalue weighted by Crippen LogP contribution is -2.29. The summed E-state index contributed by atoms with van der Waals surface area (Å²) >= 11 is 0. The third-order valence-electron chi connectivity index (χ3n) is 5.36. The Hall–Kier alpha value is -3.28. The molecular weight excluding hydrogens is 463 g/mol. The van der Waals surface area contributed by atoms with E-state index in [1.165, 1.54) is 18.2 Å². The van der Waals surface area contributed by atoms with Crippen LogP contribution in [0.4, 0.5) is 18.9 Å². The fourth-order valence-corrected chi connectivity index (χ4v) is 5.33. The summed E-state index contributed by atoms with van der Waals surface area (Å²) in [5.74, 6) is -0.680. The Morgan fingerprint density at radius 2 is 1.97 bits per heavy atom. The number of aliphatic carboxylic acids is 1. The van der Waals surface area contributed by atoms with Gasteiger partial charge in [0.15, 0.2) is 0 Å². The van der Waals surface area contributed by atoms with E-state index in [1.807, 2.05) is 11.9 Å². The van der Waals surface area contributed by atoms with Crippen molar-refractivity contribution in [2.75, 3.05) is 25.1 Å². The van der Waals surface area contributed by atoms with E-state index in [1.54, 1.807) is 6.07 Å². The van der Waals surface area contributed by atoms with Gasteiger partial charge in [-0.05, 0) is 43.2 Å². The van der Waals surface area contributed by atoms with Gasteiger partial charge in [-0.15, -0.1) is 0 Å². The zero-order valence-electron chi connectivity index (χ0n) is 17.5. The van der Waals surface area contributed by atoms with E-state index in [9.17, 15) is 26.4 Å². The van der Waals surface area contributed by atoms with Crippen LogP contribution in [0.1, 0.15) is 24.2 Å². The number of aryl methyl sites for hydroxylation is 1. The minimum absolute atomic E-state index is 0.0212. The Morgan fingerprint density at radius 1 is 1.21 bits per heavy atom. The van der Waals surface area contributed by atoms with Crippen molar-refractivity contribution in [1.29, 1.82) is 0 Å². The van der Waals surface area contributed by atoms with Crippen LogP contribution in [0.25, 0.3) is 11.0 Å². The summed E-state index contributed by atoms with van der Waals surface area (Å²) in [4.78, 5) is 16.3. The number of pyridine rings is 1. The van der Waals surface area contributed by atoms with Gasteiger partial charge in [0.25, 0.3) is 10.0 Å². The van der Waals surface area contributed by atoms with Gasteiger partial charge in [-0.25, -0.2) is 17.4 Å². The molecule has 176 valence electrons. The maximum Gasteiger partial charge on any atom is 0.433 e. The molecule has 0 bridgehead atoms. The second-order valence-electron chi connectivity index (χ2n) is 7.65. The summed E-state index contributed by atoms with van der Waals surface area (Å²) in [6.45, 7) is 1.02. The monoisotopic (exact) mass is 483 g/mol. The molecule has 0 aliphatic carbocycles. The molecular formula is C21H20F3N3O5S. The van der Waals surface area contributed by atoms with Gasteiger partial charge in [0.1, 0.15) is 18.1 Å². The summed E-state index contributed by atoms with van der Waals surface area (Å²) < 4.78 is 73.1. The summed E-state index contributed by atoms with van der Waals surface area (Å²) in [5, 5.41) is 8.92. The fourth-order valence-electron chi connectivity index (χ4n) is 3.76. The third-order valence-corrected chi connectivity index (χ3v) is 7.13. The number of alkyl halides is 3. The van der Waals surface area contributed by atoms with Crippen LogP contribution in [-0.4, -0.2) is 48.6 Å². The largest absolute Gasteiger partial charge is 0.490 e. The van der Waals surface area contributed by atoms with Gasteiger partial charge in [-0.2, -0.15) is 13.2 Å². The number of nitrogens with zero attached hydrogens (tertiary/aromatic N) is 3. The number of carboxylic acids is 1. The molecule has 1 aromatic carbocycles. The Bertz CT molecular complexity index is 1330. The van der Waals surface area contributed by atoms with Crippen molar-refractivity contribution in [3.63, 3.8) is 0 Å². The number of fused-ring (bicyclic) bond motifs is 2. The van der Waals surface area contributed by atoms with Gasteiger partial charge in [-0.1, -0.05) is 0 Å². The number of rotatable bonds is 6. The molecule has 4 rings (SSSR count). The first-order chi connectivity index (χ1) is 15.5. The molecule has 0 radical (unpaired) electrons. The van der Waals surface area contributed by atoms with Crippen LogP contribution in [0.3, 0.4) is 0 Å². The predicted molar refractivity (Wildman–Crippen MR) is 113 cm³/mol. The van der Waals surface area contributed by atoms with Crippen LogP contribution in [0.2, 0.25) is 0 Å². The average molecular weight is 483 g/mol. The van der Waals surface area contributed by atoms with Crippen molar-refractivity contribution in [1.82, 2.24) is 8.96 Å². The van der Waals surface area contributed by atoms with Crippen LogP contribution in [0, 0.1) is 0 Å². The second-order valence-corrected chi connectivity index (χ2v) is 9.44. The summed E-state index contributed by atoms with van der Waals surface area (Å²) in [6.07, 6.45) is -4.79. The van der Waals surface area contributed by atoms with E-state index >= 15 is 0 Å². The molecule has 0 unspecified atom stereocenters. The maximum absolute atomic E-state index is 13.6. The van der Waals surface area contributed by atoms with E-state index in [0.717, 1.165) is 21.8 Å². The minimum atomic E-state index is -4.69. The van der Waals surface area contributed by atoms with E-state index in [2.05, 4.69) is 4.98 Å². The number of carboxylic acid groups (broad SMARTS) is 1. The van der Waals surface area contributed by atoms with Gasteiger partial charge in [0.2, 0.25) is 0 Å². The SMILES string of the molecule is CN1CCOc2cc(S(=O)(=O)n3c(CCCC(=O)O)cc4nc(C(F)(F)F)ccc43)ccc21. The molecule has 1 aliphatic heterocycles. The van der Waals surface area contributed by atoms with Crippen LogP contribution in [0.15, 0.2) is 41.3 Å². The van der Waals surface area contributed by atoms with Crippen LogP contribution >= 0.6 is 0 Å². The number of ether oxygens (including phenoxy) is 1. The molecule has 0 fully saturated rings. The lowest BCUT2D eigenvalue weighted by atomic mass is 10.2. The Kier molecular flexibility index (Phi) is 5.72. The first kappa shape index (κ1) is 22.9.